The van der Waals surface area contributed by atoms with Crippen LogP contribution in [-0.2, 0) is 4.79 Å². The van der Waals surface area contributed by atoms with Gasteiger partial charge in [-0.2, -0.15) is 30.3 Å². The molecule has 15 nitrogen and oxygen atoms in total. The lowest BCUT2D eigenvalue weighted by atomic mass is 9.72. The molecular formula is C46H60N12O3. The average Bonchev–Trinajstić information content (AvgIpc) is 3.71. The minimum absolute atomic E-state index is 0.0428. The van der Waals surface area contributed by atoms with E-state index < -0.39 is 5.97 Å². The number of nitrogens with zero attached hydrogens (tertiary/aromatic N) is 11. The first-order chi connectivity index (χ1) is 29.0. The maximum absolute atomic E-state index is 10.5. The Bertz CT molecular complexity index is 2220. The highest BCUT2D eigenvalue weighted by molar-refractivity contribution is 5.81. The summed E-state index contributed by atoms with van der Waals surface area (Å²) in [5.74, 6) is 1.04. The smallest absolute Gasteiger partial charge is 0.328 e. The number of aromatic hydroxyl groups is 1. The van der Waals surface area contributed by atoms with Gasteiger partial charge < -0.3 is 24.9 Å². The second-order valence-corrected chi connectivity index (χ2v) is 15.4. The maximum atomic E-state index is 10.5. The minimum Gasteiger partial charge on any atom is -0.493 e. The molecule has 0 radical (unpaired) electrons. The van der Waals surface area contributed by atoms with Crippen LogP contribution in [0.2, 0.25) is 0 Å². The van der Waals surface area contributed by atoms with Gasteiger partial charge in [-0.05, 0) is 80.9 Å². The molecule has 0 fully saturated rings. The van der Waals surface area contributed by atoms with Crippen molar-refractivity contribution in [2.45, 2.75) is 53.9 Å². The van der Waals surface area contributed by atoms with Gasteiger partial charge in [-0.15, -0.1) is 0 Å². The Balaban J connectivity index is 0.000000224. The summed E-state index contributed by atoms with van der Waals surface area (Å²) in [5.41, 5.74) is 7.39. The van der Waals surface area contributed by atoms with Gasteiger partial charge in [0, 0.05) is 48.4 Å². The normalized spacial score (nSPS) is 13.9. The van der Waals surface area contributed by atoms with E-state index in [2.05, 4.69) is 85.2 Å². The third-order valence-corrected chi connectivity index (χ3v) is 8.95. The Morgan fingerprint density at radius 1 is 0.787 bits per heavy atom. The van der Waals surface area contributed by atoms with Crippen molar-refractivity contribution in [3.8, 4) is 5.88 Å². The van der Waals surface area contributed by atoms with Gasteiger partial charge in [0.05, 0.1) is 17.6 Å². The number of carboxylic acid groups (broad SMARTS) is 1. The number of H-pyrrole nitrogens is 1. The fourth-order valence-electron chi connectivity index (χ4n) is 5.68. The zero-order valence-corrected chi connectivity index (χ0v) is 37.2. The number of nitrogens with one attached hydrogen (secondary N) is 1. The Morgan fingerprint density at radius 3 is 1.77 bits per heavy atom. The molecule has 0 amide bonds. The van der Waals surface area contributed by atoms with Gasteiger partial charge in [0.1, 0.15) is 11.7 Å². The van der Waals surface area contributed by atoms with Crippen LogP contribution in [0.5, 0.6) is 5.88 Å². The number of aromatic nitrogens is 7. The predicted octanol–water partition coefficient (Wildman–Crippen LogP) is 9.83. The summed E-state index contributed by atoms with van der Waals surface area (Å²) in [7, 11) is 11.5. The first kappa shape index (κ1) is 48.3. The topological polar surface area (TPSA) is 185 Å². The molecule has 0 saturated heterocycles. The summed E-state index contributed by atoms with van der Waals surface area (Å²) in [6, 6.07) is 19.4. The van der Waals surface area contributed by atoms with Crippen LogP contribution < -0.4 is 14.7 Å². The van der Waals surface area contributed by atoms with E-state index in [1.807, 2.05) is 130 Å². The average molecular weight is 829 g/mol. The van der Waals surface area contributed by atoms with Gasteiger partial charge in [-0.3, -0.25) is 5.10 Å². The van der Waals surface area contributed by atoms with Crippen molar-refractivity contribution >= 4 is 46.2 Å². The van der Waals surface area contributed by atoms with E-state index in [4.69, 9.17) is 10.2 Å². The van der Waals surface area contributed by atoms with Gasteiger partial charge in [0.25, 0.3) is 0 Å². The summed E-state index contributed by atoms with van der Waals surface area (Å²) in [6.45, 7) is 10.7. The number of anilines is 3. The van der Waals surface area contributed by atoms with Crippen molar-refractivity contribution < 1.29 is 15.0 Å². The molecule has 0 aliphatic heterocycles. The summed E-state index contributed by atoms with van der Waals surface area (Å²) < 4.78 is 0. The number of allylic oxidation sites excluding steroid dienone is 9. The fourth-order valence-corrected chi connectivity index (χ4v) is 5.68. The Labute approximate surface area is 359 Å². The van der Waals surface area contributed by atoms with E-state index in [9.17, 15) is 4.79 Å². The number of benzene rings is 2. The summed E-state index contributed by atoms with van der Waals surface area (Å²) in [4.78, 5) is 36.5. The molecule has 322 valence electrons. The van der Waals surface area contributed by atoms with Crippen LogP contribution >= 0.6 is 0 Å². The number of carboxylic acids is 1. The van der Waals surface area contributed by atoms with Crippen molar-refractivity contribution in [1.82, 2.24) is 35.1 Å². The molecule has 0 bridgehead atoms. The Morgan fingerprint density at radius 2 is 1.31 bits per heavy atom. The van der Waals surface area contributed by atoms with Crippen molar-refractivity contribution in [1.29, 1.82) is 0 Å². The van der Waals surface area contributed by atoms with E-state index in [0.717, 1.165) is 22.5 Å². The zero-order valence-electron chi connectivity index (χ0n) is 37.2. The highest BCUT2D eigenvalue weighted by Crippen LogP contribution is 2.40. The third kappa shape index (κ3) is 17.0. The standard InChI is InChI=1S/C20H28O2.C12H10N2.C9H18N6.C5H4N4O/c1-15(8-6-9-16(2)14-19(21)22)11-12-18-17(3)10-7-13-20(18,4)5;1-3-7-11(8-4-1)13-14-12-9-5-2-6-10-12;1-13(2)7-10-8(14(3)4)12-9(11-7)15(5)6;10-5-3-1-8-9-4(3)6-2-7-5/h6,8-9,11-12,14H,7,10,13H2,1-5H3,(H,21,22);1-10H;1-6H3;1-2H,(H2,6,7,8,9,10)/b9-6+,12-11+,15-8-,16-14+;14-13+;;. The lowest BCUT2D eigenvalue weighted by Crippen LogP contribution is -2.22. The van der Waals surface area contributed by atoms with E-state index in [1.54, 1.807) is 13.0 Å². The first-order valence-electron chi connectivity index (χ1n) is 19.7. The molecule has 3 aromatic heterocycles. The zero-order chi connectivity index (χ0) is 45.0. The largest absolute Gasteiger partial charge is 0.493 e. The highest BCUT2D eigenvalue weighted by Gasteiger charge is 2.26. The van der Waals surface area contributed by atoms with Gasteiger partial charge >= 0.3 is 5.97 Å². The third-order valence-electron chi connectivity index (χ3n) is 8.95. The van der Waals surface area contributed by atoms with Crippen LogP contribution in [0.1, 0.15) is 53.9 Å². The predicted molar refractivity (Wildman–Crippen MR) is 247 cm³/mol. The number of hydrogen-bond donors (Lipinski definition) is 3. The molecule has 61 heavy (non-hydrogen) atoms. The minimum atomic E-state index is -0.912. The molecule has 1 aliphatic rings. The number of rotatable bonds is 10. The van der Waals surface area contributed by atoms with Crippen molar-refractivity contribution in [3.63, 3.8) is 0 Å². The SMILES string of the molecule is CC1=C(/C=C/C(C)=C\C=C\C(C)=C\C(=O)O)C(C)(C)CCC1.CN(C)c1nc(N(C)C)nc(N(C)C)n1.Oc1ncnc2[nH]ncc12.c1ccc(/N=N/c2ccccc2)cc1. The van der Waals surface area contributed by atoms with E-state index in [0.29, 0.717) is 28.9 Å². The number of aliphatic carboxylic acids is 1. The number of azo groups is 1. The van der Waals surface area contributed by atoms with Crippen LogP contribution in [0.15, 0.2) is 142 Å². The van der Waals surface area contributed by atoms with Crippen molar-refractivity contribution in [2.24, 2.45) is 15.6 Å². The lowest BCUT2D eigenvalue weighted by Gasteiger charge is -2.32. The van der Waals surface area contributed by atoms with Gasteiger partial charge in [-0.1, -0.05) is 91.8 Å². The molecule has 0 atom stereocenters. The van der Waals surface area contributed by atoms with Crippen LogP contribution in [0.4, 0.5) is 29.2 Å². The fraction of sp³-hybridized carbons (Fsp3) is 0.326. The van der Waals surface area contributed by atoms with Gasteiger partial charge in [0.15, 0.2) is 5.65 Å². The molecule has 15 heteroatoms. The lowest BCUT2D eigenvalue weighted by molar-refractivity contribution is -0.131. The van der Waals surface area contributed by atoms with Crippen molar-refractivity contribution in [3.05, 3.63) is 132 Å². The van der Waals surface area contributed by atoms with Gasteiger partial charge in [-0.25, -0.2) is 14.8 Å². The second kappa shape index (κ2) is 24.1. The number of carbonyl (C=O) groups is 1. The quantitative estimate of drug-likeness (QED) is 0.0689. The number of hydrogen-bond acceptors (Lipinski definition) is 13. The van der Waals surface area contributed by atoms with Gasteiger partial charge in [0.2, 0.25) is 23.7 Å². The molecule has 2 aromatic carbocycles. The van der Waals surface area contributed by atoms with Crippen LogP contribution in [0, 0.1) is 5.41 Å². The molecule has 6 rings (SSSR count). The number of fused-ring (bicyclic) bond motifs is 1. The Hall–Kier alpha value is -7.03. The maximum Gasteiger partial charge on any atom is 0.328 e. The van der Waals surface area contributed by atoms with Crippen LogP contribution in [0.25, 0.3) is 11.0 Å². The molecule has 5 aromatic rings. The Kier molecular flexibility index (Phi) is 19.1. The highest BCUT2D eigenvalue weighted by atomic mass is 16.4. The van der Waals surface area contributed by atoms with E-state index in [-0.39, 0.29) is 11.3 Å². The summed E-state index contributed by atoms with van der Waals surface area (Å²) >= 11 is 0. The summed E-state index contributed by atoms with van der Waals surface area (Å²) in [6.07, 6.45) is 17.8. The van der Waals surface area contributed by atoms with Crippen molar-refractivity contribution in [2.75, 3.05) is 57.0 Å². The molecule has 0 unspecified atom stereocenters. The molecule has 0 spiro atoms. The molecule has 0 saturated carbocycles. The van der Waals surface area contributed by atoms with E-state index >= 15 is 0 Å². The molecule has 3 heterocycles. The molecule has 3 N–H and O–H groups in total. The first-order valence-corrected chi connectivity index (χ1v) is 19.7. The second-order valence-electron chi connectivity index (χ2n) is 15.4. The number of aromatic amines is 1. The molecular weight excluding hydrogens is 769 g/mol. The summed E-state index contributed by atoms with van der Waals surface area (Å²) in [5, 5.41) is 32.7. The monoisotopic (exact) mass is 828 g/mol. The van der Waals surface area contributed by atoms with Crippen LogP contribution in [-0.4, -0.2) is 93.6 Å². The molecule has 1 aliphatic carbocycles. The van der Waals surface area contributed by atoms with E-state index in [1.165, 1.54) is 49.0 Å². The van der Waals surface area contributed by atoms with Crippen LogP contribution in [0.3, 0.4) is 0 Å².